The zero-order valence-corrected chi connectivity index (χ0v) is 16.2. The molecule has 26 heavy (non-hydrogen) atoms. The fourth-order valence-corrected chi connectivity index (χ4v) is 4.57. The van der Waals surface area contributed by atoms with Crippen molar-refractivity contribution < 1.29 is 13.2 Å². The number of anilines is 1. The standard InChI is InChI=1S/C19H16BrF3N2S/c20-10-13-8-17(23)19(9-15(13)21)26-14-3-5-25(6-4-14)18-2-1-12(11-24)7-16(18)22/h1-2,7-9,14H,3-6,10H2. The molecule has 0 radical (unpaired) electrons. The van der Waals surface area contributed by atoms with Crippen molar-refractivity contribution in [3.63, 3.8) is 0 Å². The molecule has 0 bridgehead atoms. The van der Waals surface area contributed by atoms with Gasteiger partial charge >= 0.3 is 0 Å². The Hall–Kier alpha value is -1.65. The second kappa shape index (κ2) is 8.36. The van der Waals surface area contributed by atoms with Crippen molar-refractivity contribution in [2.45, 2.75) is 28.3 Å². The summed E-state index contributed by atoms with van der Waals surface area (Å²) in [4.78, 5) is 2.24. The van der Waals surface area contributed by atoms with Crippen LogP contribution in [0.1, 0.15) is 24.0 Å². The Morgan fingerprint density at radius 3 is 2.42 bits per heavy atom. The third-order valence-corrected chi connectivity index (χ3v) is 6.37. The SMILES string of the molecule is N#Cc1ccc(N2CCC(Sc3cc(F)c(CBr)cc3F)CC2)c(F)c1. The van der Waals surface area contributed by atoms with Crippen LogP contribution in [0.25, 0.3) is 0 Å². The molecule has 1 heterocycles. The number of hydrogen-bond acceptors (Lipinski definition) is 3. The third-order valence-electron chi connectivity index (χ3n) is 4.40. The zero-order chi connectivity index (χ0) is 18.7. The van der Waals surface area contributed by atoms with Gasteiger partial charge in [-0.3, -0.25) is 0 Å². The first-order chi connectivity index (χ1) is 12.5. The Labute approximate surface area is 163 Å². The van der Waals surface area contributed by atoms with E-state index in [0.717, 1.165) is 12.8 Å². The summed E-state index contributed by atoms with van der Waals surface area (Å²) in [5.41, 5.74) is 1.07. The summed E-state index contributed by atoms with van der Waals surface area (Å²) >= 11 is 4.48. The van der Waals surface area contributed by atoms with E-state index in [4.69, 9.17) is 5.26 Å². The van der Waals surface area contributed by atoms with Gasteiger partial charge in [-0.1, -0.05) is 15.9 Å². The number of piperidine rings is 1. The van der Waals surface area contributed by atoms with Crippen molar-refractivity contribution in [1.29, 1.82) is 5.26 Å². The molecule has 1 aliphatic rings. The van der Waals surface area contributed by atoms with Gasteiger partial charge in [-0.2, -0.15) is 5.26 Å². The molecular formula is C19H16BrF3N2S. The lowest BCUT2D eigenvalue weighted by Gasteiger charge is -2.33. The average molecular weight is 441 g/mol. The molecule has 2 aromatic rings. The molecule has 0 aliphatic carbocycles. The Morgan fingerprint density at radius 2 is 1.81 bits per heavy atom. The van der Waals surface area contributed by atoms with Crippen LogP contribution in [-0.2, 0) is 5.33 Å². The molecule has 0 aromatic heterocycles. The fraction of sp³-hybridized carbons (Fsp3) is 0.316. The highest BCUT2D eigenvalue weighted by Crippen LogP contribution is 2.35. The van der Waals surface area contributed by atoms with Crippen LogP contribution < -0.4 is 4.90 Å². The molecule has 136 valence electrons. The van der Waals surface area contributed by atoms with E-state index in [2.05, 4.69) is 15.9 Å². The molecule has 3 rings (SSSR count). The molecule has 2 aromatic carbocycles. The average Bonchev–Trinajstić information content (AvgIpc) is 2.65. The Morgan fingerprint density at radius 1 is 1.08 bits per heavy atom. The largest absolute Gasteiger partial charge is 0.369 e. The smallest absolute Gasteiger partial charge is 0.147 e. The summed E-state index contributed by atoms with van der Waals surface area (Å²) in [5, 5.41) is 9.24. The molecule has 0 amide bonds. The molecule has 1 aliphatic heterocycles. The molecular weight excluding hydrogens is 425 g/mol. The summed E-state index contributed by atoms with van der Waals surface area (Å²) in [7, 11) is 0. The summed E-state index contributed by atoms with van der Waals surface area (Å²) in [6, 6.07) is 8.86. The molecule has 0 atom stereocenters. The van der Waals surface area contributed by atoms with Gasteiger partial charge in [0.05, 0.1) is 17.3 Å². The van der Waals surface area contributed by atoms with Gasteiger partial charge in [0.15, 0.2) is 0 Å². The number of nitriles is 1. The van der Waals surface area contributed by atoms with Crippen molar-refractivity contribution >= 4 is 33.4 Å². The predicted octanol–water partition coefficient (Wildman–Crippen LogP) is 5.63. The van der Waals surface area contributed by atoms with Crippen LogP contribution in [0.2, 0.25) is 0 Å². The molecule has 0 unspecified atom stereocenters. The maximum atomic E-state index is 14.1. The Kier molecular flexibility index (Phi) is 6.15. The molecule has 0 saturated carbocycles. The number of alkyl halides is 1. The molecule has 0 spiro atoms. The molecule has 1 fully saturated rings. The molecule has 2 nitrogen and oxygen atoms in total. The van der Waals surface area contributed by atoms with Gasteiger partial charge in [-0.25, -0.2) is 13.2 Å². The number of benzene rings is 2. The van der Waals surface area contributed by atoms with Gasteiger partial charge in [0.1, 0.15) is 17.5 Å². The number of nitrogens with zero attached hydrogens (tertiary/aromatic N) is 2. The minimum absolute atomic E-state index is 0.149. The van der Waals surface area contributed by atoms with Crippen LogP contribution in [0.3, 0.4) is 0 Å². The second-order valence-electron chi connectivity index (χ2n) is 6.09. The van der Waals surface area contributed by atoms with E-state index < -0.39 is 17.5 Å². The van der Waals surface area contributed by atoms with Gasteiger partial charge in [0.2, 0.25) is 0 Å². The summed E-state index contributed by atoms with van der Waals surface area (Å²) in [6.45, 7) is 1.26. The first-order valence-electron chi connectivity index (χ1n) is 8.17. The van der Waals surface area contributed by atoms with E-state index in [9.17, 15) is 13.2 Å². The van der Waals surface area contributed by atoms with Gasteiger partial charge in [0, 0.05) is 34.1 Å². The van der Waals surface area contributed by atoms with Gasteiger partial charge < -0.3 is 4.90 Å². The first-order valence-corrected chi connectivity index (χ1v) is 10.2. The maximum absolute atomic E-state index is 14.1. The van der Waals surface area contributed by atoms with Crippen molar-refractivity contribution in [1.82, 2.24) is 0 Å². The highest BCUT2D eigenvalue weighted by molar-refractivity contribution is 9.08. The van der Waals surface area contributed by atoms with E-state index >= 15 is 0 Å². The number of hydrogen-bond donors (Lipinski definition) is 0. The third kappa shape index (κ3) is 4.18. The van der Waals surface area contributed by atoms with Crippen LogP contribution in [0.15, 0.2) is 35.2 Å². The van der Waals surface area contributed by atoms with E-state index in [0.29, 0.717) is 34.8 Å². The minimum atomic E-state index is -0.414. The monoisotopic (exact) mass is 440 g/mol. The Balaban J connectivity index is 1.64. The van der Waals surface area contributed by atoms with E-state index in [1.165, 1.54) is 30.0 Å². The second-order valence-corrected chi connectivity index (χ2v) is 7.99. The summed E-state index contributed by atoms with van der Waals surface area (Å²) < 4.78 is 42.2. The van der Waals surface area contributed by atoms with Crippen LogP contribution in [0.4, 0.5) is 18.9 Å². The van der Waals surface area contributed by atoms with Crippen LogP contribution in [0.5, 0.6) is 0 Å². The number of thioether (sulfide) groups is 1. The van der Waals surface area contributed by atoms with Gasteiger partial charge in [-0.15, -0.1) is 11.8 Å². The van der Waals surface area contributed by atoms with Gasteiger partial charge in [-0.05, 0) is 43.2 Å². The number of halogens is 4. The van der Waals surface area contributed by atoms with Gasteiger partial charge in [0.25, 0.3) is 0 Å². The quantitative estimate of drug-likeness (QED) is 0.576. The zero-order valence-electron chi connectivity index (χ0n) is 13.8. The van der Waals surface area contributed by atoms with E-state index in [1.54, 1.807) is 12.1 Å². The highest BCUT2D eigenvalue weighted by Gasteiger charge is 2.23. The van der Waals surface area contributed by atoms with Crippen molar-refractivity contribution in [2.75, 3.05) is 18.0 Å². The molecule has 7 heteroatoms. The molecule has 0 N–H and O–H groups in total. The summed E-state index contributed by atoms with van der Waals surface area (Å²) in [6.07, 6.45) is 1.48. The van der Waals surface area contributed by atoms with E-state index in [-0.39, 0.29) is 10.6 Å². The lowest BCUT2D eigenvalue weighted by molar-refractivity contribution is 0.558. The normalized spacial score (nSPS) is 15.1. The predicted molar refractivity (Wildman–Crippen MR) is 101 cm³/mol. The topological polar surface area (TPSA) is 27.0 Å². The highest BCUT2D eigenvalue weighted by atomic mass is 79.9. The van der Waals surface area contributed by atoms with Crippen LogP contribution >= 0.6 is 27.7 Å². The number of rotatable bonds is 4. The van der Waals surface area contributed by atoms with Crippen molar-refractivity contribution in [3.8, 4) is 6.07 Å². The molecule has 1 saturated heterocycles. The van der Waals surface area contributed by atoms with Crippen molar-refractivity contribution in [2.24, 2.45) is 0 Å². The lowest BCUT2D eigenvalue weighted by Crippen LogP contribution is -2.35. The van der Waals surface area contributed by atoms with E-state index in [1.807, 2.05) is 11.0 Å². The maximum Gasteiger partial charge on any atom is 0.147 e. The Bertz CT molecular complexity index is 845. The lowest BCUT2D eigenvalue weighted by atomic mass is 10.1. The fourth-order valence-electron chi connectivity index (χ4n) is 2.99. The van der Waals surface area contributed by atoms with Crippen molar-refractivity contribution in [3.05, 3.63) is 58.9 Å². The summed E-state index contributed by atoms with van der Waals surface area (Å²) in [5.74, 6) is -1.23. The van der Waals surface area contributed by atoms with Crippen LogP contribution in [0, 0.1) is 28.8 Å². The first kappa shape index (κ1) is 19.1. The van der Waals surface area contributed by atoms with Crippen LogP contribution in [-0.4, -0.2) is 18.3 Å². The minimum Gasteiger partial charge on any atom is -0.369 e.